The van der Waals surface area contributed by atoms with E-state index in [1.165, 1.54) is 24.0 Å². The first-order chi connectivity index (χ1) is 18.7. The normalized spacial score (nSPS) is 18.7. The number of para-hydroxylation sites is 1. The fraction of sp³-hybridized carbons (Fsp3) is 0.516. The highest BCUT2D eigenvalue weighted by Gasteiger charge is 2.37. The largest absolute Gasteiger partial charge is 0.492 e. The summed E-state index contributed by atoms with van der Waals surface area (Å²) in [6.45, 7) is 7.91. The molecule has 2 aromatic heterocycles. The fourth-order valence-electron chi connectivity index (χ4n) is 6.13. The Hall–Kier alpha value is -3.19. The lowest BCUT2D eigenvalue weighted by Gasteiger charge is -2.45. The van der Waals surface area contributed by atoms with E-state index in [1.807, 2.05) is 29.2 Å². The number of fused-ring (bicyclic) bond motifs is 1. The lowest BCUT2D eigenvalue weighted by Crippen LogP contribution is -2.48. The Morgan fingerprint density at radius 2 is 1.87 bits per heavy atom. The van der Waals surface area contributed by atoms with Gasteiger partial charge in [-0.3, -0.25) is 19.4 Å². The third kappa shape index (κ3) is 6.44. The zero-order valence-corrected chi connectivity index (χ0v) is 22.7. The molecular weight excluding hydrogens is 474 g/mol. The van der Waals surface area contributed by atoms with E-state index in [2.05, 4.69) is 57.1 Å². The van der Waals surface area contributed by atoms with Crippen LogP contribution in [0.3, 0.4) is 0 Å². The van der Waals surface area contributed by atoms with E-state index in [-0.39, 0.29) is 11.3 Å². The van der Waals surface area contributed by atoms with Crippen molar-refractivity contribution in [2.24, 2.45) is 5.41 Å². The third-order valence-corrected chi connectivity index (χ3v) is 8.21. The van der Waals surface area contributed by atoms with Gasteiger partial charge in [-0.05, 0) is 73.3 Å². The van der Waals surface area contributed by atoms with E-state index in [9.17, 15) is 4.79 Å². The maximum absolute atomic E-state index is 13.4. The number of ether oxygens (including phenoxy) is 1. The Labute approximate surface area is 226 Å². The molecule has 202 valence electrons. The Morgan fingerprint density at radius 1 is 1.00 bits per heavy atom. The number of hydrogen-bond donors (Lipinski definition) is 0. The number of likely N-dealkylation sites (tertiary alicyclic amines) is 1. The van der Waals surface area contributed by atoms with Crippen LogP contribution in [-0.4, -0.2) is 63.3 Å². The molecule has 7 heteroatoms. The minimum Gasteiger partial charge on any atom is -0.492 e. The number of amides is 1. The Morgan fingerprint density at radius 3 is 2.68 bits per heavy atom. The molecular formula is C31H41N5O2. The van der Waals surface area contributed by atoms with Gasteiger partial charge in [0.2, 0.25) is 0 Å². The molecule has 0 atom stereocenters. The Balaban J connectivity index is 1.32. The van der Waals surface area contributed by atoms with Crippen LogP contribution in [0.2, 0.25) is 0 Å². The summed E-state index contributed by atoms with van der Waals surface area (Å²) < 4.78 is 8.16. The maximum Gasteiger partial charge on any atom is 0.272 e. The number of pyridine rings is 1. The lowest BCUT2D eigenvalue weighted by molar-refractivity contribution is 0.0353. The van der Waals surface area contributed by atoms with Gasteiger partial charge in [0.15, 0.2) is 0 Å². The van der Waals surface area contributed by atoms with Crippen molar-refractivity contribution in [3.63, 3.8) is 0 Å². The molecule has 2 aliphatic heterocycles. The molecule has 0 aliphatic carbocycles. The van der Waals surface area contributed by atoms with Crippen LogP contribution in [0.1, 0.15) is 67.1 Å². The maximum atomic E-state index is 13.4. The van der Waals surface area contributed by atoms with Crippen LogP contribution in [0.15, 0.2) is 61.1 Å². The number of carbonyl (C=O) groups excluding carboxylic acids is 1. The van der Waals surface area contributed by atoms with E-state index in [0.717, 1.165) is 82.8 Å². The van der Waals surface area contributed by atoms with Crippen molar-refractivity contribution in [2.75, 3.05) is 32.8 Å². The van der Waals surface area contributed by atoms with Crippen LogP contribution >= 0.6 is 0 Å². The molecule has 0 bridgehead atoms. The van der Waals surface area contributed by atoms with E-state index in [4.69, 9.17) is 4.74 Å². The number of rotatable bonds is 5. The van der Waals surface area contributed by atoms with E-state index in [1.54, 1.807) is 6.20 Å². The molecule has 3 aromatic rings. The van der Waals surface area contributed by atoms with Gasteiger partial charge < -0.3 is 9.64 Å². The second-order valence-corrected chi connectivity index (χ2v) is 11.0. The SMILES string of the molecule is CCCn1nccc1C(=O)N1CCC2(CCCCc3ccccc3OCCN(Cc3cccnc3)C2)CC1. The van der Waals surface area contributed by atoms with Crippen LogP contribution < -0.4 is 4.74 Å². The van der Waals surface area contributed by atoms with E-state index in [0.29, 0.717) is 6.61 Å². The molecule has 1 aromatic carbocycles. The van der Waals surface area contributed by atoms with Gasteiger partial charge in [0.25, 0.3) is 5.91 Å². The molecule has 1 fully saturated rings. The Kier molecular flexibility index (Phi) is 8.74. The lowest BCUT2D eigenvalue weighted by atomic mass is 9.73. The van der Waals surface area contributed by atoms with Crippen molar-refractivity contribution in [3.05, 3.63) is 77.9 Å². The minimum absolute atomic E-state index is 0.121. The van der Waals surface area contributed by atoms with Crippen molar-refractivity contribution in [1.82, 2.24) is 24.6 Å². The molecule has 5 rings (SSSR count). The fourth-order valence-corrected chi connectivity index (χ4v) is 6.13. The molecule has 1 amide bonds. The zero-order chi connectivity index (χ0) is 26.2. The third-order valence-electron chi connectivity index (χ3n) is 8.21. The van der Waals surface area contributed by atoms with Gasteiger partial charge in [-0.2, -0.15) is 5.10 Å². The minimum atomic E-state index is 0.121. The topological polar surface area (TPSA) is 63.5 Å². The smallest absolute Gasteiger partial charge is 0.272 e. The highest BCUT2D eigenvalue weighted by molar-refractivity contribution is 5.92. The molecule has 1 saturated heterocycles. The highest BCUT2D eigenvalue weighted by Crippen LogP contribution is 2.39. The number of hydrogen-bond acceptors (Lipinski definition) is 5. The Bertz CT molecular complexity index is 1170. The number of piperidine rings is 1. The number of aromatic nitrogens is 3. The standard InChI is InChI=1S/C31H41N5O2/c1-2-18-36-28(12-17-33-36)30(37)35-19-14-31(15-20-35)13-6-5-10-27-9-3-4-11-29(27)38-22-21-34(25-31)24-26-8-7-16-32-23-26/h3-4,7-9,11-12,16-17,23H,2,5-6,10,13-15,18-22,24-25H2,1H3. The van der Waals surface area contributed by atoms with E-state index < -0.39 is 0 Å². The number of carbonyl (C=O) groups is 1. The number of aryl methyl sites for hydroxylation is 2. The first-order valence-electron chi connectivity index (χ1n) is 14.3. The van der Waals surface area contributed by atoms with E-state index >= 15 is 0 Å². The quantitative estimate of drug-likeness (QED) is 0.466. The predicted octanol–water partition coefficient (Wildman–Crippen LogP) is 5.22. The summed E-state index contributed by atoms with van der Waals surface area (Å²) in [4.78, 5) is 22.3. The van der Waals surface area contributed by atoms with Crippen LogP contribution in [0.4, 0.5) is 0 Å². The molecule has 0 saturated carbocycles. The monoisotopic (exact) mass is 515 g/mol. The van der Waals surface area contributed by atoms with Crippen LogP contribution in [0.25, 0.3) is 0 Å². The van der Waals surface area contributed by atoms with Crippen molar-refractivity contribution in [3.8, 4) is 5.75 Å². The van der Waals surface area contributed by atoms with Crippen LogP contribution in [-0.2, 0) is 19.5 Å². The summed E-state index contributed by atoms with van der Waals surface area (Å²) in [6, 6.07) is 14.5. The van der Waals surface area contributed by atoms with Gasteiger partial charge in [-0.1, -0.05) is 37.6 Å². The van der Waals surface area contributed by atoms with Crippen molar-refractivity contribution in [1.29, 1.82) is 0 Å². The second-order valence-electron chi connectivity index (χ2n) is 11.0. The molecule has 38 heavy (non-hydrogen) atoms. The first kappa shape index (κ1) is 26.4. The summed E-state index contributed by atoms with van der Waals surface area (Å²) >= 11 is 0. The molecule has 1 spiro atoms. The molecule has 0 radical (unpaired) electrons. The number of benzene rings is 1. The van der Waals surface area contributed by atoms with Crippen LogP contribution in [0.5, 0.6) is 5.75 Å². The molecule has 4 heterocycles. The second kappa shape index (κ2) is 12.6. The predicted molar refractivity (Wildman–Crippen MR) is 149 cm³/mol. The van der Waals surface area contributed by atoms with Gasteiger partial charge in [0, 0.05) is 57.9 Å². The summed E-state index contributed by atoms with van der Waals surface area (Å²) in [5.41, 5.74) is 3.45. The van der Waals surface area contributed by atoms with Gasteiger partial charge in [0.1, 0.15) is 18.1 Å². The first-order valence-corrected chi connectivity index (χ1v) is 14.3. The summed E-state index contributed by atoms with van der Waals surface area (Å²) in [5, 5.41) is 4.38. The molecule has 7 nitrogen and oxygen atoms in total. The van der Waals surface area contributed by atoms with Gasteiger partial charge in [-0.15, -0.1) is 0 Å². The average Bonchev–Trinajstić information content (AvgIpc) is 3.40. The van der Waals surface area contributed by atoms with Crippen molar-refractivity contribution in [2.45, 2.75) is 65.0 Å². The van der Waals surface area contributed by atoms with Crippen molar-refractivity contribution < 1.29 is 9.53 Å². The average molecular weight is 516 g/mol. The van der Waals surface area contributed by atoms with Gasteiger partial charge in [-0.25, -0.2) is 0 Å². The van der Waals surface area contributed by atoms with Gasteiger partial charge in [0.05, 0.1) is 0 Å². The van der Waals surface area contributed by atoms with Crippen molar-refractivity contribution >= 4 is 5.91 Å². The molecule has 2 aliphatic rings. The molecule has 0 unspecified atom stereocenters. The molecule has 0 N–H and O–H groups in total. The van der Waals surface area contributed by atoms with Crippen LogP contribution in [0, 0.1) is 5.41 Å². The summed E-state index contributed by atoms with van der Waals surface area (Å²) in [7, 11) is 0. The highest BCUT2D eigenvalue weighted by atomic mass is 16.5. The number of nitrogens with zero attached hydrogens (tertiary/aromatic N) is 5. The zero-order valence-electron chi connectivity index (χ0n) is 22.7. The summed E-state index contributed by atoms with van der Waals surface area (Å²) in [6.07, 6.45) is 13.2. The van der Waals surface area contributed by atoms with Gasteiger partial charge >= 0.3 is 0 Å². The summed E-state index contributed by atoms with van der Waals surface area (Å²) in [5.74, 6) is 1.15.